The van der Waals surface area contributed by atoms with Gasteiger partial charge >= 0.3 is 0 Å². The fourth-order valence-corrected chi connectivity index (χ4v) is 1.43. The molecule has 1 aromatic heterocycles. The third kappa shape index (κ3) is 4.79. The molecule has 0 saturated heterocycles. The van der Waals surface area contributed by atoms with Crippen molar-refractivity contribution in [2.45, 2.75) is 13.5 Å². The lowest BCUT2D eigenvalue weighted by Gasteiger charge is -2.04. The number of ether oxygens (including phenoxy) is 1. The first-order chi connectivity index (χ1) is 9.34. The van der Waals surface area contributed by atoms with Gasteiger partial charge in [0.15, 0.2) is 0 Å². The molecule has 1 aromatic carbocycles. The van der Waals surface area contributed by atoms with E-state index < -0.39 is 0 Å². The molecule has 0 aliphatic rings. The molecule has 0 amide bonds. The van der Waals surface area contributed by atoms with E-state index >= 15 is 0 Å². The van der Waals surface area contributed by atoms with Crippen LogP contribution in [0, 0.1) is 0 Å². The summed E-state index contributed by atoms with van der Waals surface area (Å²) in [7, 11) is 0. The fourth-order valence-electron chi connectivity index (χ4n) is 1.43. The second-order valence-corrected chi connectivity index (χ2v) is 4.04. The molecule has 4 nitrogen and oxygen atoms in total. The lowest BCUT2D eigenvalue weighted by atomic mass is 10.2. The van der Waals surface area contributed by atoms with Crippen molar-refractivity contribution in [1.29, 1.82) is 0 Å². The molecule has 0 atom stereocenters. The zero-order valence-corrected chi connectivity index (χ0v) is 10.8. The van der Waals surface area contributed by atoms with Crippen LogP contribution in [0.25, 0.3) is 0 Å². The van der Waals surface area contributed by atoms with Crippen molar-refractivity contribution in [3.05, 3.63) is 60.3 Å². The first-order valence-corrected chi connectivity index (χ1v) is 6.08. The van der Waals surface area contributed by atoms with Crippen LogP contribution in [0.2, 0.25) is 0 Å². The van der Waals surface area contributed by atoms with Crippen molar-refractivity contribution >= 4 is 5.71 Å². The molecule has 98 valence electrons. The van der Waals surface area contributed by atoms with E-state index in [0.717, 1.165) is 11.3 Å². The van der Waals surface area contributed by atoms with E-state index in [-0.39, 0.29) is 0 Å². The third-order valence-electron chi connectivity index (χ3n) is 2.36. The van der Waals surface area contributed by atoms with Crippen LogP contribution in [0.15, 0.2) is 59.9 Å². The maximum atomic E-state index is 5.45. The topological polar surface area (TPSA) is 43.7 Å². The van der Waals surface area contributed by atoms with E-state index in [9.17, 15) is 0 Å². The highest BCUT2D eigenvalue weighted by atomic mass is 16.6. The second-order valence-electron chi connectivity index (χ2n) is 4.04. The van der Waals surface area contributed by atoms with Gasteiger partial charge in [-0.25, -0.2) is 4.98 Å². The molecule has 0 N–H and O–H groups in total. The van der Waals surface area contributed by atoms with Gasteiger partial charge in [-0.3, -0.25) is 0 Å². The Kier molecular flexibility index (Phi) is 4.93. The monoisotopic (exact) mass is 256 g/mol. The quantitative estimate of drug-likeness (QED) is 0.589. The lowest BCUT2D eigenvalue weighted by molar-refractivity contribution is 0.128. The number of oxime groups is 1. The average Bonchev–Trinajstić information content (AvgIpc) is 2.47. The molecule has 4 heteroatoms. The van der Waals surface area contributed by atoms with Gasteiger partial charge in [-0.05, 0) is 18.6 Å². The summed E-state index contributed by atoms with van der Waals surface area (Å²) in [5.74, 6) is 0.583. The van der Waals surface area contributed by atoms with E-state index in [2.05, 4.69) is 10.1 Å². The summed E-state index contributed by atoms with van der Waals surface area (Å²) < 4.78 is 5.45. The molecule has 0 aliphatic heterocycles. The number of nitrogens with zero attached hydrogens (tertiary/aromatic N) is 2. The Labute approximate surface area is 112 Å². The third-order valence-corrected chi connectivity index (χ3v) is 2.36. The number of hydrogen-bond donors (Lipinski definition) is 0. The Balaban J connectivity index is 1.74. The van der Waals surface area contributed by atoms with Crippen LogP contribution < -0.4 is 4.74 Å². The van der Waals surface area contributed by atoms with Crippen LogP contribution in [-0.4, -0.2) is 17.3 Å². The molecule has 0 saturated carbocycles. The molecule has 0 spiro atoms. The van der Waals surface area contributed by atoms with E-state index in [0.29, 0.717) is 19.1 Å². The van der Waals surface area contributed by atoms with E-state index in [1.807, 2.05) is 49.4 Å². The van der Waals surface area contributed by atoms with Crippen LogP contribution in [-0.2, 0) is 11.4 Å². The van der Waals surface area contributed by atoms with Gasteiger partial charge in [-0.2, -0.15) is 0 Å². The van der Waals surface area contributed by atoms with Gasteiger partial charge in [0.1, 0.15) is 13.2 Å². The SMILES string of the molecule is CC(COc1ccccn1)=NOCc1ccccc1. The first-order valence-electron chi connectivity index (χ1n) is 6.08. The number of rotatable bonds is 6. The second kappa shape index (κ2) is 7.16. The van der Waals surface area contributed by atoms with Crippen LogP contribution in [0.3, 0.4) is 0 Å². The van der Waals surface area contributed by atoms with Crippen LogP contribution in [0.4, 0.5) is 0 Å². The molecular formula is C15H16N2O2. The number of benzene rings is 1. The smallest absolute Gasteiger partial charge is 0.213 e. The van der Waals surface area contributed by atoms with Gasteiger partial charge in [0, 0.05) is 12.3 Å². The first kappa shape index (κ1) is 13.1. The maximum absolute atomic E-state index is 5.45. The molecule has 0 unspecified atom stereocenters. The Morgan fingerprint density at radius 2 is 1.89 bits per heavy atom. The van der Waals surface area contributed by atoms with Gasteiger partial charge in [0.05, 0.1) is 5.71 Å². The van der Waals surface area contributed by atoms with Crippen LogP contribution in [0.1, 0.15) is 12.5 Å². The van der Waals surface area contributed by atoms with Crippen molar-refractivity contribution in [2.75, 3.05) is 6.61 Å². The van der Waals surface area contributed by atoms with Crippen LogP contribution >= 0.6 is 0 Å². The molecule has 19 heavy (non-hydrogen) atoms. The van der Waals surface area contributed by atoms with E-state index in [4.69, 9.17) is 9.57 Å². The summed E-state index contributed by atoms with van der Waals surface area (Å²) in [4.78, 5) is 9.32. The molecule has 0 aliphatic carbocycles. The number of hydrogen-bond acceptors (Lipinski definition) is 4. The van der Waals surface area contributed by atoms with Gasteiger partial charge in [-0.15, -0.1) is 0 Å². The van der Waals surface area contributed by atoms with Crippen LogP contribution in [0.5, 0.6) is 5.88 Å². The predicted octanol–water partition coefficient (Wildman–Crippen LogP) is 3.05. The molecule has 1 heterocycles. The van der Waals surface area contributed by atoms with Gasteiger partial charge < -0.3 is 9.57 Å². The molecule has 2 aromatic rings. The lowest BCUT2D eigenvalue weighted by Crippen LogP contribution is -2.08. The minimum absolute atomic E-state index is 0.367. The Bertz CT molecular complexity index is 512. The van der Waals surface area contributed by atoms with Crippen molar-refractivity contribution in [2.24, 2.45) is 5.16 Å². The van der Waals surface area contributed by atoms with E-state index in [1.54, 1.807) is 12.3 Å². The zero-order valence-electron chi connectivity index (χ0n) is 10.8. The Hall–Kier alpha value is -2.36. The summed E-state index contributed by atoms with van der Waals surface area (Å²) in [5.41, 5.74) is 1.85. The molecule has 0 radical (unpaired) electrons. The average molecular weight is 256 g/mol. The zero-order chi connectivity index (χ0) is 13.3. The van der Waals surface area contributed by atoms with Gasteiger partial charge in [-0.1, -0.05) is 41.6 Å². The highest BCUT2D eigenvalue weighted by molar-refractivity contribution is 5.82. The highest BCUT2D eigenvalue weighted by Crippen LogP contribution is 2.04. The number of pyridine rings is 1. The van der Waals surface area contributed by atoms with Crippen molar-refractivity contribution < 1.29 is 9.57 Å². The predicted molar refractivity (Wildman–Crippen MR) is 74.1 cm³/mol. The molecular weight excluding hydrogens is 240 g/mol. The van der Waals surface area contributed by atoms with Crippen molar-refractivity contribution in [1.82, 2.24) is 4.98 Å². The Morgan fingerprint density at radius 3 is 2.63 bits per heavy atom. The summed E-state index contributed by atoms with van der Waals surface area (Å²) >= 11 is 0. The summed E-state index contributed by atoms with van der Waals surface area (Å²) in [6.07, 6.45) is 1.69. The van der Waals surface area contributed by atoms with E-state index in [1.165, 1.54) is 0 Å². The summed E-state index contributed by atoms with van der Waals surface area (Å²) in [6, 6.07) is 15.4. The fraction of sp³-hybridized carbons (Fsp3) is 0.200. The summed E-state index contributed by atoms with van der Waals surface area (Å²) in [5, 5.41) is 4.00. The standard InChI is InChI=1S/C15H16N2O2/c1-13(11-18-15-9-5-6-10-16-15)17-19-12-14-7-3-2-4-8-14/h2-10H,11-12H2,1H3. The minimum atomic E-state index is 0.367. The number of aromatic nitrogens is 1. The minimum Gasteiger partial charge on any atom is -0.471 e. The normalized spacial score (nSPS) is 11.1. The molecule has 0 fully saturated rings. The maximum Gasteiger partial charge on any atom is 0.213 e. The summed E-state index contributed by atoms with van der Waals surface area (Å²) in [6.45, 7) is 2.68. The Morgan fingerprint density at radius 1 is 1.11 bits per heavy atom. The molecule has 0 bridgehead atoms. The van der Waals surface area contributed by atoms with Crippen molar-refractivity contribution in [3.8, 4) is 5.88 Å². The largest absolute Gasteiger partial charge is 0.471 e. The molecule has 2 rings (SSSR count). The highest BCUT2D eigenvalue weighted by Gasteiger charge is 1.97. The van der Waals surface area contributed by atoms with Gasteiger partial charge in [0.25, 0.3) is 0 Å². The van der Waals surface area contributed by atoms with Crippen molar-refractivity contribution in [3.63, 3.8) is 0 Å². The van der Waals surface area contributed by atoms with Gasteiger partial charge in [0.2, 0.25) is 5.88 Å².